The monoisotopic (exact) mass is 515 g/mol. The Kier molecular flexibility index (Phi) is 6.41. The van der Waals surface area contributed by atoms with Crippen molar-refractivity contribution in [2.24, 2.45) is 0 Å². The number of thioether (sulfide) groups is 1. The van der Waals surface area contributed by atoms with Gasteiger partial charge in [-0.25, -0.2) is 4.79 Å². The second kappa shape index (κ2) is 9.82. The number of para-hydroxylation sites is 1. The van der Waals surface area contributed by atoms with Crippen molar-refractivity contribution in [3.8, 4) is 0 Å². The predicted molar refractivity (Wildman–Crippen MR) is 139 cm³/mol. The fourth-order valence-electron chi connectivity index (χ4n) is 4.03. The summed E-state index contributed by atoms with van der Waals surface area (Å²) in [4.78, 5) is 50.3. The van der Waals surface area contributed by atoms with E-state index in [0.29, 0.717) is 17.0 Å². The standard InChI is InChI=1S/C27H21N3O6S/c1-16-6-8-18(9-7-16)28-24(31)15-30-25(32)23(37-27(30)35)12-17-13-29(21-5-3-2-4-20(17)21)14-19-10-11-22(36-19)26(33)34/h2-13H,14-15H2,1H3,(H,28,31)(H,33,34)/b23-12-. The van der Waals surface area contributed by atoms with Crippen LogP contribution < -0.4 is 5.32 Å². The van der Waals surface area contributed by atoms with Crippen LogP contribution in [0.4, 0.5) is 10.5 Å². The quantitative estimate of drug-likeness (QED) is 0.334. The van der Waals surface area contributed by atoms with E-state index in [1.54, 1.807) is 24.3 Å². The van der Waals surface area contributed by atoms with Crippen molar-refractivity contribution in [2.45, 2.75) is 13.5 Å². The topological polar surface area (TPSA) is 122 Å². The van der Waals surface area contributed by atoms with E-state index in [1.807, 2.05) is 54.1 Å². The normalized spacial score (nSPS) is 14.6. The van der Waals surface area contributed by atoms with Crippen molar-refractivity contribution in [2.75, 3.05) is 11.9 Å². The fraction of sp³-hybridized carbons (Fsp3) is 0.111. The van der Waals surface area contributed by atoms with Gasteiger partial charge in [0, 0.05) is 28.4 Å². The number of carboxylic acids is 1. The summed E-state index contributed by atoms with van der Waals surface area (Å²) in [5, 5.41) is 12.1. The summed E-state index contributed by atoms with van der Waals surface area (Å²) < 4.78 is 7.27. The molecule has 5 rings (SSSR count). The van der Waals surface area contributed by atoms with Crippen LogP contribution in [-0.4, -0.2) is 44.1 Å². The second-order valence-corrected chi connectivity index (χ2v) is 9.48. The zero-order valence-corrected chi connectivity index (χ0v) is 20.5. The Bertz CT molecular complexity index is 1580. The van der Waals surface area contributed by atoms with Gasteiger partial charge >= 0.3 is 5.97 Å². The lowest BCUT2D eigenvalue weighted by Gasteiger charge is -2.12. The van der Waals surface area contributed by atoms with Crippen molar-refractivity contribution in [3.63, 3.8) is 0 Å². The molecule has 1 fully saturated rings. The lowest BCUT2D eigenvalue weighted by atomic mass is 10.1. The Morgan fingerprint density at radius 3 is 2.54 bits per heavy atom. The molecule has 2 N–H and O–H groups in total. The predicted octanol–water partition coefficient (Wildman–Crippen LogP) is 4.96. The van der Waals surface area contributed by atoms with Gasteiger partial charge in [0.05, 0.1) is 11.4 Å². The number of carboxylic acid groups (broad SMARTS) is 1. The molecule has 0 unspecified atom stereocenters. The molecule has 3 amide bonds. The first-order valence-corrected chi connectivity index (χ1v) is 12.1. The highest BCUT2D eigenvalue weighted by molar-refractivity contribution is 8.18. The van der Waals surface area contributed by atoms with Crippen LogP contribution in [0, 0.1) is 6.92 Å². The molecule has 0 radical (unpaired) electrons. The SMILES string of the molecule is Cc1ccc(NC(=O)CN2C(=O)S/C(=C\c3cn(Cc4ccc(C(=O)O)o4)c4ccccc34)C2=O)cc1. The van der Waals surface area contributed by atoms with Crippen molar-refractivity contribution < 1.29 is 28.7 Å². The number of rotatable bonds is 7. The molecular formula is C27H21N3O6S. The molecule has 9 nitrogen and oxygen atoms in total. The van der Waals surface area contributed by atoms with Gasteiger partial charge in [-0.2, -0.15) is 0 Å². The minimum Gasteiger partial charge on any atom is -0.475 e. The van der Waals surface area contributed by atoms with Gasteiger partial charge in [-0.15, -0.1) is 0 Å². The molecule has 1 saturated heterocycles. The maximum absolute atomic E-state index is 13.0. The first-order chi connectivity index (χ1) is 17.8. The van der Waals surface area contributed by atoms with Crippen LogP contribution in [0.5, 0.6) is 0 Å². The van der Waals surface area contributed by atoms with E-state index in [0.717, 1.165) is 33.1 Å². The molecule has 37 heavy (non-hydrogen) atoms. The number of benzene rings is 2. The molecule has 1 aliphatic rings. The summed E-state index contributed by atoms with van der Waals surface area (Å²) in [5.41, 5.74) is 3.18. The average Bonchev–Trinajstić information content (AvgIpc) is 3.55. The summed E-state index contributed by atoms with van der Waals surface area (Å²) in [6, 6.07) is 17.7. The van der Waals surface area contributed by atoms with Gasteiger partial charge in [0.1, 0.15) is 12.3 Å². The molecule has 0 saturated carbocycles. The van der Waals surface area contributed by atoms with Crippen molar-refractivity contribution in [3.05, 3.63) is 94.4 Å². The maximum Gasteiger partial charge on any atom is 0.371 e. The lowest BCUT2D eigenvalue weighted by molar-refractivity contribution is -0.127. The molecule has 1 aliphatic heterocycles. The Hall–Kier alpha value is -4.57. The van der Waals surface area contributed by atoms with Gasteiger partial charge in [-0.3, -0.25) is 19.3 Å². The zero-order valence-electron chi connectivity index (χ0n) is 19.6. The molecule has 2 aromatic carbocycles. The summed E-state index contributed by atoms with van der Waals surface area (Å²) in [6.07, 6.45) is 3.44. The van der Waals surface area contributed by atoms with Crippen LogP contribution in [0.3, 0.4) is 0 Å². The number of nitrogens with one attached hydrogen (secondary N) is 1. The molecule has 10 heteroatoms. The van der Waals surface area contributed by atoms with Gasteiger partial charge < -0.3 is 19.4 Å². The van der Waals surface area contributed by atoms with Gasteiger partial charge in [-0.1, -0.05) is 35.9 Å². The van der Waals surface area contributed by atoms with Crippen molar-refractivity contribution in [1.82, 2.24) is 9.47 Å². The number of carbonyl (C=O) groups excluding carboxylic acids is 3. The Balaban J connectivity index is 1.36. The number of aromatic nitrogens is 1. The molecule has 0 aliphatic carbocycles. The van der Waals surface area contributed by atoms with Gasteiger partial charge in [-0.05, 0) is 55.1 Å². The molecular weight excluding hydrogens is 494 g/mol. The number of fused-ring (bicyclic) bond motifs is 1. The summed E-state index contributed by atoms with van der Waals surface area (Å²) in [7, 11) is 0. The van der Waals surface area contributed by atoms with Crippen LogP contribution in [0.15, 0.2) is 76.2 Å². The minimum atomic E-state index is -1.15. The molecule has 186 valence electrons. The first-order valence-electron chi connectivity index (χ1n) is 11.3. The fourth-order valence-corrected chi connectivity index (χ4v) is 4.85. The molecule has 4 aromatic rings. The largest absolute Gasteiger partial charge is 0.475 e. The molecule has 0 atom stereocenters. The van der Waals surface area contributed by atoms with Gasteiger partial charge in [0.15, 0.2) is 0 Å². The van der Waals surface area contributed by atoms with Crippen LogP contribution in [0.2, 0.25) is 0 Å². The third kappa shape index (κ3) is 5.05. The number of hydrogen-bond donors (Lipinski definition) is 2. The van der Waals surface area contributed by atoms with E-state index in [1.165, 1.54) is 6.07 Å². The van der Waals surface area contributed by atoms with E-state index in [2.05, 4.69) is 5.32 Å². The molecule has 2 aromatic heterocycles. The third-order valence-corrected chi connectivity index (χ3v) is 6.72. The van der Waals surface area contributed by atoms with Gasteiger partial charge in [0.2, 0.25) is 11.7 Å². The van der Waals surface area contributed by atoms with E-state index in [9.17, 15) is 19.2 Å². The van der Waals surface area contributed by atoms with Crippen LogP contribution >= 0.6 is 11.8 Å². The average molecular weight is 516 g/mol. The highest BCUT2D eigenvalue weighted by atomic mass is 32.2. The Labute approximate surface area is 215 Å². The Morgan fingerprint density at radius 2 is 1.81 bits per heavy atom. The number of carbonyl (C=O) groups is 4. The smallest absolute Gasteiger partial charge is 0.371 e. The van der Waals surface area contributed by atoms with Crippen LogP contribution in [0.1, 0.15) is 27.4 Å². The van der Waals surface area contributed by atoms with Crippen molar-refractivity contribution in [1.29, 1.82) is 0 Å². The molecule has 3 heterocycles. The number of aryl methyl sites for hydroxylation is 1. The number of imide groups is 1. The number of anilines is 1. The van der Waals surface area contributed by atoms with Crippen LogP contribution in [0.25, 0.3) is 17.0 Å². The van der Waals surface area contributed by atoms with Crippen LogP contribution in [-0.2, 0) is 16.1 Å². The van der Waals surface area contributed by atoms with E-state index < -0.39 is 23.0 Å². The number of aromatic carboxylic acids is 1. The summed E-state index contributed by atoms with van der Waals surface area (Å²) >= 11 is 0.781. The van der Waals surface area contributed by atoms with E-state index in [-0.39, 0.29) is 23.8 Å². The summed E-state index contributed by atoms with van der Waals surface area (Å²) in [6.45, 7) is 1.83. The lowest BCUT2D eigenvalue weighted by Crippen LogP contribution is -2.36. The highest BCUT2D eigenvalue weighted by Gasteiger charge is 2.36. The van der Waals surface area contributed by atoms with E-state index in [4.69, 9.17) is 9.52 Å². The number of nitrogens with zero attached hydrogens (tertiary/aromatic N) is 2. The first kappa shape index (κ1) is 24.1. The second-order valence-electron chi connectivity index (χ2n) is 8.48. The molecule has 0 spiro atoms. The number of hydrogen-bond acceptors (Lipinski definition) is 6. The minimum absolute atomic E-state index is 0.147. The Morgan fingerprint density at radius 1 is 1.05 bits per heavy atom. The van der Waals surface area contributed by atoms with Crippen molar-refractivity contribution >= 4 is 57.5 Å². The zero-order chi connectivity index (χ0) is 26.1. The van der Waals surface area contributed by atoms with E-state index >= 15 is 0 Å². The highest BCUT2D eigenvalue weighted by Crippen LogP contribution is 2.34. The number of furan rings is 1. The summed E-state index contributed by atoms with van der Waals surface area (Å²) in [5.74, 6) is -1.84. The maximum atomic E-state index is 13.0. The number of amides is 3. The van der Waals surface area contributed by atoms with Gasteiger partial charge in [0.25, 0.3) is 11.1 Å². The molecule has 0 bridgehead atoms. The third-order valence-electron chi connectivity index (χ3n) is 5.82.